The van der Waals surface area contributed by atoms with Gasteiger partial charge in [-0.2, -0.15) is 4.98 Å². The molecule has 1 aromatic heterocycles. The van der Waals surface area contributed by atoms with E-state index in [-0.39, 0.29) is 17.9 Å². The summed E-state index contributed by atoms with van der Waals surface area (Å²) in [5.74, 6) is 1.87. The number of carbonyl (C=O) groups excluding carboxylic acids is 1. The van der Waals surface area contributed by atoms with Crippen molar-refractivity contribution in [3.63, 3.8) is 0 Å². The maximum atomic E-state index is 12.8. The van der Waals surface area contributed by atoms with Gasteiger partial charge in [0.2, 0.25) is 18.1 Å². The number of aromatic nitrogens is 2. The third-order valence-electron chi connectivity index (χ3n) is 4.70. The number of amides is 1. The molecule has 2 aliphatic rings. The number of morpholine rings is 1. The van der Waals surface area contributed by atoms with E-state index in [0.717, 1.165) is 12.2 Å². The summed E-state index contributed by atoms with van der Waals surface area (Å²) in [6, 6.07) is 7.96. The van der Waals surface area contributed by atoms with Crippen molar-refractivity contribution in [1.29, 1.82) is 0 Å². The first-order valence-electron chi connectivity index (χ1n) is 8.07. The minimum Gasteiger partial charge on any atom is -0.497 e. The molecule has 1 aromatic carbocycles. The number of hydrogen-bond acceptors (Lipinski definition) is 6. The summed E-state index contributed by atoms with van der Waals surface area (Å²) >= 11 is 0. The van der Waals surface area contributed by atoms with Crippen LogP contribution in [0.1, 0.15) is 29.8 Å². The number of hydrogen-bond donors (Lipinski definition) is 0. The van der Waals surface area contributed by atoms with Crippen LogP contribution in [0, 0.1) is 5.92 Å². The van der Waals surface area contributed by atoms with Crippen molar-refractivity contribution in [3.05, 3.63) is 42.0 Å². The lowest BCUT2D eigenvalue weighted by Crippen LogP contribution is -2.43. The Morgan fingerprint density at radius 3 is 2.88 bits per heavy atom. The number of methoxy groups -OCH3 is 1. The van der Waals surface area contributed by atoms with Crippen LogP contribution in [0.2, 0.25) is 0 Å². The van der Waals surface area contributed by atoms with E-state index >= 15 is 0 Å². The zero-order chi connectivity index (χ0) is 16.5. The topological polar surface area (TPSA) is 77.7 Å². The minimum atomic E-state index is -0.306. The molecule has 2 heterocycles. The smallest absolute Gasteiger partial charge is 0.226 e. The Balaban J connectivity index is 1.39. The Morgan fingerprint density at radius 2 is 2.17 bits per heavy atom. The van der Waals surface area contributed by atoms with E-state index in [1.165, 1.54) is 12.0 Å². The van der Waals surface area contributed by atoms with Crippen molar-refractivity contribution >= 4 is 5.91 Å². The first-order valence-corrected chi connectivity index (χ1v) is 8.07. The largest absolute Gasteiger partial charge is 0.497 e. The van der Waals surface area contributed by atoms with Gasteiger partial charge < -0.3 is 18.9 Å². The highest BCUT2D eigenvalue weighted by atomic mass is 16.5. The van der Waals surface area contributed by atoms with E-state index < -0.39 is 0 Å². The molecule has 0 bridgehead atoms. The molecule has 0 radical (unpaired) electrons. The van der Waals surface area contributed by atoms with Crippen molar-refractivity contribution < 1.29 is 18.8 Å². The second-order valence-corrected chi connectivity index (χ2v) is 6.15. The molecule has 2 fully saturated rings. The number of benzene rings is 1. The predicted octanol–water partition coefficient (Wildman–Crippen LogP) is 1.78. The molecule has 1 amide bonds. The average molecular weight is 329 g/mol. The van der Waals surface area contributed by atoms with Gasteiger partial charge in [-0.25, -0.2) is 0 Å². The summed E-state index contributed by atoms with van der Waals surface area (Å²) in [6.45, 7) is 1.58. The molecule has 1 saturated heterocycles. The van der Waals surface area contributed by atoms with Crippen molar-refractivity contribution in [2.24, 2.45) is 5.92 Å². The van der Waals surface area contributed by atoms with Gasteiger partial charge >= 0.3 is 0 Å². The van der Waals surface area contributed by atoms with Crippen molar-refractivity contribution in [3.8, 4) is 5.75 Å². The van der Waals surface area contributed by atoms with Crippen molar-refractivity contribution in [2.75, 3.05) is 26.8 Å². The fourth-order valence-corrected chi connectivity index (χ4v) is 3.25. The highest BCUT2D eigenvalue weighted by molar-refractivity contribution is 5.83. The monoisotopic (exact) mass is 329 g/mol. The van der Waals surface area contributed by atoms with Gasteiger partial charge in [0, 0.05) is 12.5 Å². The number of ether oxygens (including phenoxy) is 2. The molecule has 126 valence electrons. The first kappa shape index (κ1) is 15.1. The molecule has 1 saturated carbocycles. The predicted molar refractivity (Wildman–Crippen MR) is 83.4 cm³/mol. The van der Waals surface area contributed by atoms with Crippen LogP contribution in [0.5, 0.6) is 5.75 Å². The molecule has 0 spiro atoms. The quantitative estimate of drug-likeness (QED) is 0.851. The summed E-state index contributed by atoms with van der Waals surface area (Å²) in [4.78, 5) is 18.6. The summed E-state index contributed by atoms with van der Waals surface area (Å²) in [5.41, 5.74) is 1.19. The van der Waals surface area contributed by atoms with Crippen LogP contribution < -0.4 is 4.74 Å². The molecule has 7 nitrogen and oxygen atoms in total. The lowest BCUT2D eigenvalue weighted by Gasteiger charge is -2.31. The second-order valence-electron chi connectivity index (χ2n) is 6.15. The Labute approximate surface area is 139 Å². The van der Waals surface area contributed by atoms with Crippen LogP contribution in [-0.4, -0.2) is 47.8 Å². The number of nitrogens with zero attached hydrogens (tertiary/aromatic N) is 3. The molecule has 24 heavy (non-hydrogen) atoms. The Hall–Kier alpha value is -2.41. The van der Waals surface area contributed by atoms with E-state index in [4.69, 9.17) is 14.0 Å². The third kappa shape index (κ3) is 2.87. The summed E-state index contributed by atoms with van der Waals surface area (Å²) in [5, 5.41) is 3.81. The lowest BCUT2D eigenvalue weighted by molar-refractivity contribution is -0.140. The van der Waals surface area contributed by atoms with Gasteiger partial charge in [0.1, 0.15) is 11.9 Å². The average Bonchev–Trinajstić information content (AvgIpc) is 3.25. The molecule has 4 rings (SSSR count). The normalized spacial score (nSPS) is 26.2. The van der Waals surface area contributed by atoms with Crippen molar-refractivity contribution in [1.82, 2.24) is 15.0 Å². The van der Waals surface area contributed by atoms with Crippen LogP contribution in [0.4, 0.5) is 0 Å². The van der Waals surface area contributed by atoms with E-state index in [2.05, 4.69) is 10.1 Å². The standard InChI is InChI=1S/C17H19N3O4/c1-22-12-4-2-11(3-5-12)13-8-14(13)17(21)20-6-7-23-15(9-20)16-18-10-24-19-16/h2-5,10,13-15H,6-9H2,1H3/t13-,14+,15?/m1/s1. The van der Waals surface area contributed by atoms with E-state index in [1.807, 2.05) is 29.2 Å². The number of carbonyl (C=O) groups is 1. The van der Waals surface area contributed by atoms with Crippen LogP contribution in [0.15, 0.2) is 35.2 Å². The molecule has 1 aliphatic heterocycles. The fraction of sp³-hybridized carbons (Fsp3) is 0.471. The lowest BCUT2D eigenvalue weighted by atomic mass is 10.1. The van der Waals surface area contributed by atoms with E-state index in [0.29, 0.717) is 31.4 Å². The summed E-state index contributed by atoms with van der Waals surface area (Å²) in [6.07, 6.45) is 1.87. The van der Waals surface area contributed by atoms with Crippen LogP contribution in [-0.2, 0) is 9.53 Å². The molecule has 2 aromatic rings. The Bertz CT molecular complexity index is 701. The van der Waals surface area contributed by atoms with Crippen molar-refractivity contribution in [2.45, 2.75) is 18.4 Å². The minimum absolute atomic E-state index is 0.0578. The molecule has 7 heteroatoms. The van der Waals surface area contributed by atoms with Crippen LogP contribution in [0.3, 0.4) is 0 Å². The van der Waals surface area contributed by atoms with Gasteiger partial charge in [-0.05, 0) is 30.0 Å². The molecular weight excluding hydrogens is 310 g/mol. The molecule has 1 aliphatic carbocycles. The van der Waals surface area contributed by atoms with Gasteiger partial charge in [-0.15, -0.1) is 0 Å². The van der Waals surface area contributed by atoms with Gasteiger partial charge in [-0.1, -0.05) is 17.3 Å². The van der Waals surface area contributed by atoms with Gasteiger partial charge in [0.15, 0.2) is 0 Å². The number of rotatable bonds is 4. The van der Waals surface area contributed by atoms with Crippen LogP contribution in [0.25, 0.3) is 0 Å². The maximum absolute atomic E-state index is 12.8. The Morgan fingerprint density at radius 1 is 1.33 bits per heavy atom. The highest BCUT2D eigenvalue weighted by Gasteiger charge is 2.46. The first-order chi connectivity index (χ1) is 11.8. The van der Waals surface area contributed by atoms with Gasteiger partial charge in [0.25, 0.3) is 0 Å². The van der Waals surface area contributed by atoms with E-state index in [1.54, 1.807) is 7.11 Å². The van der Waals surface area contributed by atoms with Crippen LogP contribution >= 0.6 is 0 Å². The maximum Gasteiger partial charge on any atom is 0.226 e. The molecule has 1 unspecified atom stereocenters. The molecule has 0 N–H and O–H groups in total. The highest BCUT2D eigenvalue weighted by Crippen LogP contribution is 2.49. The zero-order valence-electron chi connectivity index (χ0n) is 13.4. The Kier molecular flexibility index (Phi) is 3.93. The SMILES string of the molecule is COc1ccc([C@H]2C[C@@H]2C(=O)N2CCOC(c3ncon3)C2)cc1. The fourth-order valence-electron chi connectivity index (χ4n) is 3.25. The summed E-state index contributed by atoms with van der Waals surface area (Å²) in [7, 11) is 1.65. The molecular formula is C17H19N3O4. The zero-order valence-corrected chi connectivity index (χ0v) is 13.4. The third-order valence-corrected chi connectivity index (χ3v) is 4.70. The van der Waals surface area contributed by atoms with Gasteiger partial charge in [0.05, 0.1) is 20.3 Å². The van der Waals surface area contributed by atoms with E-state index in [9.17, 15) is 4.79 Å². The second kappa shape index (κ2) is 6.24. The summed E-state index contributed by atoms with van der Waals surface area (Å²) < 4.78 is 15.6. The molecule has 3 atom stereocenters. The van der Waals surface area contributed by atoms with Gasteiger partial charge in [-0.3, -0.25) is 4.79 Å².